The SMILES string of the molecule is CCOc1cc(CNC(=NC)NCCc2c[nH]c3cccc(C)c23)ccc1OC.I. The van der Waals surface area contributed by atoms with Crippen LogP contribution in [0.2, 0.25) is 0 Å². The maximum atomic E-state index is 5.65. The van der Waals surface area contributed by atoms with Gasteiger partial charge in [-0.15, -0.1) is 24.0 Å². The lowest BCUT2D eigenvalue weighted by molar-refractivity contribution is 0.310. The first kappa shape index (κ1) is 23.9. The van der Waals surface area contributed by atoms with Crippen molar-refractivity contribution in [2.75, 3.05) is 27.3 Å². The Bertz CT molecular complexity index is 984. The third kappa shape index (κ3) is 5.81. The van der Waals surface area contributed by atoms with E-state index in [9.17, 15) is 0 Å². The predicted octanol–water partition coefficient (Wildman–Crippen LogP) is 4.41. The highest BCUT2D eigenvalue weighted by atomic mass is 127. The molecule has 3 rings (SSSR count). The molecule has 30 heavy (non-hydrogen) atoms. The van der Waals surface area contributed by atoms with E-state index in [2.05, 4.69) is 51.9 Å². The van der Waals surface area contributed by atoms with Crippen LogP contribution in [0.3, 0.4) is 0 Å². The number of hydrogen-bond donors (Lipinski definition) is 3. The number of H-pyrrole nitrogens is 1. The highest BCUT2D eigenvalue weighted by molar-refractivity contribution is 14.0. The van der Waals surface area contributed by atoms with Gasteiger partial charge in [-0.05, 0) is 55.2 Å². The van der Waals surface area contributed by atoms with Crippen molar-refractivity contribution in [3.8, 4) is 11.5 Å². The van der Waals surface area contributed by atoms with Crippen LogP contribution in [0.5, 0.6) is 11.5 Å². The van der Waals surface area contributed by atoms with E-state index >= 15 is 0 Å². The molecule has 1 heterocycles. The summed E-state index contributed by atoms with van der Waals surface area (Å²) in [5.41, 5.74) is 4.90. The van der Waals surface area contributed by atoms with Gasteiger partial charge in [0.15, 0.2) is 17.5 Å². The Hall–Kier alpha value is -2.42. The minimum atomic E-state index is 0. The topological polar surface area (TPSA) is 70.7 Å². The number of benzene rings is 2. The zero-order valence-electron chi connectivity index (χ0n) is 18.0. The van der Waals surface area contributed by atoms with Crippen LogP contribution in [0.4, 0.5) is 0 Å². The van der Waals surface area contributed by atoms with Crippen molar-refractivity contribution in [1.29, 1.82) is 0 Å². The Morgan fingerprint density at radius 1 is 1.13 bits per heavy atom. The number of aliphatic imine (C=N–C) groups is 1. The highest BCUT2D eigenvalue weighted by Gasteiger charge is 2.08. The molecule has 1 aromatic heterocycles. The molecule has 0 atom stereocenters. The van der Waals surface area contributed by atoms with E-state index in [1.54, 1.807) is 14.2 Å². The van der Waals surface area contributed by atoms with Crippen LogP contribution in [0, 0.1) is 6.92 Å². The zero-order valence-corrected chi connectivity index (χ0v) is 20.4. The highest BCUT2D eigenvalue weighted by Crippen LogP contribution is 2.28. The van der Waals surface area contributed by atoms with Crippen molar-refractivity contribution in [2.45, 2.75) is 26.8 Å². The molecular weight excluding hydrogens is 491 g/mol. The van der Waals surface area contributed by atoms with Crippen molar-refractivity contribution in [1.82, 2.24) is 15.6 Å². The van der Waals surface area contributed by atoms with Crippen LogP contribution in [0.25, 0.3) is 10.9 Å². The Kier molecular flexibility index (Phi) is 9.29. The molecule has 6 nitrogen and oxygen atoms in total. The lowest BCUT2D eigenvalue weighted by Crippen LogP contribution is -2.37. The summed E-state index contributed by atoms with van der Waals surface area (Å²) in [7, 11) is 3.43. The average molecular weight is 522 g/mol. The van der Waals surface area contributed by atoms with Crippen LogP contribution < -0.4 is 20.1 Å². The summed E-state index contributed by atoms with van der Waals surface area (Å²) in [6, 6.07) is 12.3. The summed E-state index contributed by atoms with van der Waals surface area (Å²) >= 11 is 0. The van der Waals surface area contributed by atoms with Gasteiger partial charge in [0.05, 0.1) is 13.7 Å². The number of fused-ring (bicyclic) bond motifs is 1. The van der Waals surface area contributed by atoms with E-state index in [-0.39, 0.29) is 24.0 Å². The van der Waals surface area contributed by atoms with Gasteiger partial charge in [0.1, 0.15) is 0 Å². The largest absolute Gasteiger partial charge is 0.493 e. The second-order valence-electron chi connectivity index (χ2n) is 6.83. The first-order chi connectivity index (χ1) is 14.2. The van der Waals surface area contributed by atoms with E-state index in [1.807, 2.05) is 25.1 Å². The second-order valence-corrected chi connectivity index (χ2v) is 6.83. The number of halogens is 1. The summed E-state index contributed by atoms with van der Waals surface area (Å²) in [4.78, 5) is 7.68. The lowest BCUT2D eigenvalue weighted by atomic mass is 10.1. The molecule has 0 saturated carbocycles. The van der Waals surface area contributed by atoms with Crippen molar-refractivity contribution >= 4 is 40.8 Å². The molecule has 0 fully saturated rings. The van der Waals surface area contributed by atoms with Gasteiger partial charge in [0.25, 0.3) is 0 Å². The molecule has 0 radical (unpaired) electrons. The molecule has 0 aliphatic heterocycles. The third-order valence-electron chi connectivity index (χ3n) is 4.89. The number of aryl methyl sites for hydroxylation is 1. The summed E-state index contributed by atoms with van der Waals surface area (Å²) in [5, 5.41) is 8.07. The van der Waals surface area contributed by atoms with Gasteiger partial charge in [-0.3, -0.25) is 4.99 Å². The van der Waals surface area contributed by atoms with Crippen LogP contribution in [-0.2, 0) is 13.0 Å². The first-order valence-electron chi connectivity index (χ1n) is 9.96. The standard InChI is InChI=1S/C23H30N4O2.HI/c1-5-29-21-13-17(9-10-20(21)28-4)14-27-23(24-3)25-12-11-18-15-26-19-8-6-7-16(2)22(18)19;/h6-10,13,15,26H,5,11-12,14H2,1-4H3,(H2,24,25,27);1H. The van der Waals surface area contributed by atoms with Crippen LogP contribution in [-0.4, -0.2) is 38.3 Å². The molecule has 162 valence electrons. The quantitative estimate of drug-likeness (QED) is 0.233. The van der Waals surface area contributed by atoms with Gasteiger partial charge in [0, 0.05) is 37.2 Å². The Morgan fingerprint density at radius 3 is 2.70 bits per heavy atom. The van der Waals surface area contributed by atoms with Gasteiger partial charge in [-0.25, -0.2) is 0 Å². The minimum absolute atomic E-state index is 0. The van der Waals surface area contributed by atoms with E-state index in [4.69, 9.17) is 9.47 Å². The first-order valence-corrected chi connectivity index (χ1v) is 9.96. The molecule has 2 aromatic carbocycles. The molecule has 3 N–H and O–H groups in total. The van der Waals surface area contributed by atoms with E-state index in [0.29, 0.717) is 13.2 Å². The maximum absolute atomic E-state index is 5.65. The molecule has 0 saturated heterocycles. The van der Waals surface area contributed by atoms with Crippen molar-refractivity contribution in [3.63, 3.8) is 0 Å². The number of aromatic nitrogens is 1. The third-order valence-corrected chi connectivity index (χ3v) is 4.89. The Morgan fingerprint density at radius 2 is 1.97 bits per heavy atom. The predicted molar refractivity (Wildman–Crippen MR) is 135 cm³/mol. The van der Waals surface area contributed by atoms with E-state index in [1.165, 1.54) is 22.0 Å². The molecule has 7 heteroatoms. The molecule has 3 aromatic rings. The molecule has 0 aliphatic carbocycles. The molecule has 0 spiro atoms. The number of methoxy groups -OCH3 is 1. The summed E-state index contributed by atoms with van der Waals surface area (Å²) in [6.07, 6.45) is 3.02. The zero-order chi connectivity index (χ0) is 20.6. The number of guanidine groups is 1. The summed E-state index contributed by atoms with van der Waals surface area (Å²) in [5.74, 6) is 2.27. The average Bonchev–Trinajstić information content (AvgIpc) is 3.15. The maximum Gasteiger partial charge on any atom is 0.191 e. The molecule has 0 aliphatic rings. The minimum Gasteiger partial charge on any atom is -0.493 e. The smallest absolute Gasteiger partial charge is 0.191 e. The van der Waals surface area contributed by atoms with Gasteiger partial charge in [-0.1, -0.05) is 18.2 Å². The van der Waals surface area contributed by atoms with E-state index < -0.39 is 0 Å². The fourth-order valence-corrected chi connectivity index (χ4v) is 3.47. The molecule has 0 amide bonds. The van der Waals surface area contributed by atoms with Gasteiger partial charge < -0.3 is 25.1 Å². The van der Waals surface area contributed by atoms with Crippen LogP contribution >= 0.6 is 24.0 Å². The Labute approximate surface area is 195 Å². The number of ether oxygens (including phenoxy) is 2. The number of nitrogens with one attached hydrogen (secondary N) is 3. The van der Waals surface area contributed by atoms with Crippen LogP contribution in [0.15, 0.2) is 47.6 Å². The van der Waals surface area contributed by atoms with Crippen LogP contribution in [0.1, 0.15) is 23.6 Å². The van der Waals surface area contributed by atoms with E-state index in [0.717, 1.165) is 36.0 Å². The molecule has 0 bridgehead atoms. The van der Waals surface area contributed by atoms with Gasteiger partial charge in [0.2, 0.25) is 0 Å². The summed E-state index contributed by atoms with van der Waals surface area (Å²) < 4.78 is 11.0. The summed E-state index contributed by atoms with van der Waals surface area (Å²) in [6.45, 7) is 6.16. The van der Waals surface area contributed by atoms with Crippen molar-refractivity contribution < 1.29 is 9.47 Å². The van der Waals surface area contributed by atoms with Gasteiger partial charge in [-0.2, -0.15) is 0 Å². The fourth-order valence-electron chi connectivity index (χ4n) is 3.47. The number of nitrogens with zero attached hydrogens (tertiary/aromatic N) is 1. The number of rotatable bonds is 8. The fraction of sp³-hybridized carbons (Fsp3) is 0.348. The normalized spacial score (nSPS) is 11.1. The lowest BCUT2D eigenvalue weighted by Gasteiger charge is -2.14. The Balaban J connectivity index is 0.00000320. The molecule has 0 unspecified atom stereocenters. The number of aromatic amines is 1. The van der Waals surface area contributed by atoms with Crippen molar-refractivity contribution in [3.05, 3.63) is 59.3 Å². The monoisotopic (exact) mass is 522 g/mol. The number of hydrogen-bond acceptors (Lipinski definition) is 3. The second kappa shape index (κ2) is 11.7. The molecular formula is C23H31IN4O2. The van der Waals surface area contributed by atoms with Crippen molar-refractivity contribution in [2.24, 2.45) is 4.99 Å². The van der Waals surface area contributed by atoms with Gasteiger partial charge >= 0.3 is 0 Å².